The Labute approximate surface area is 178 Å². The summed E-state index contributed by atoms with van der Waals surface area (Å²) in [7, 11) is 0. The molecule has 30 heavy (non-hydrogen) atoms. The predicted molar refractivity (Wildman–Crippen MR) is 113 cm³/mol. The zero-order valence-electron chi connectivity index (χ0n) is 18.2. The monoisotopic (exact) mass is 418 g/mol. The second kappa shape index (κ2) is 9.75. The van der Waals surface area contributed by atoms with Crippen LogP contribution in [0.1, 0.15) is 56.8 Å². The third kappa shape index (κ3) is 5.70. The molecule has 8 nitrogen and oxygen atoms in total. The number of hydrogen-bond acceptors (Lipinski definition) is 5. The molecule has 2 amide bonds. The summed E-state index contributed by atoms with van der Waals surface area (Å²) in [4.78, 5) is 43.3. The molecule has 1 aromatic rings. The second-order valence-electron chi connectivity index (χ2n) is 9.16. The van der Waals surface area contributed by atoms with E-state index in [0.717, 1.165) is 32.4 Å². The Morgan fingerprint density at radius 3 is 2.70 bits per heavy atom. The lowest BCUT2D eigenvalue weighted by atomic mass is 9.83. The molecule has 0 aromatic carbocycles. The molecule has 3 N–H and O–H groups in total. The Kier molecular flexibility index (Phi) is 7.31. The molecule has 0 saturated carbocycles. The maximum absolute atomic E-state index is 13.2. The van der Waals surface area contributed by atoms with Gasteiger partial charge in [0.15, 0.2) is 5.78 Å². The largest absolute Gasteiger partial charge is 0.367 e. The van der Waals surface area contributed by atoms with Gasteiger partial charge in [-0.2, -0.15) is 0 Å². The number of rotatable bonds is 9. The number of H-pyrrole nitrogens is 1. The number of amides is 2. The van der Waals surface area contributed by atoms with Crippen molar-refractivity contribution in [1.29, 1.82) is 0 Å². The zero-order valence-corrected chi connectivity index (χ0v) is 18.2. The molecule has 1 aromatic heterocycles. The Hall–Kier alpha value is -2.19. The fraction of sp³-hybridized carbons (Fsp3) is 0.682. The van der Waals surface area contributed by atoms with E-state index < -0.39 is 12.1 Å². The van der Waals surface area contributed by atoms with E-state index in [9.17, 15) is 14.4 Å². The summed E-state index contributed by atoms with van der Waals surface area (Å²) >= 11 is 0. The molecule has 3 rings (SSSR count). The molecule has 3 heterocycles. The average Bonchev–Trinajstić information content (AvgIpc) is 3.47. The molecule has 8 heteroatoms. The van der Waals surface area contributed by atoms with E-state index >= 15 is 0 Å². The highest BCUT2D eigenvalue weighted by atomic mass is 16.5. The van der Waals surface area contributed by atoms with Gasteiger partial charge in [-0.3, -0.25) is 14.4 Å². The zero-order chi connectivity index (χ0) is 21.7. The summed E-state index contributed by atoms with van der Waals surface area (Å²) in [5.41, 5.74) is 0.327. The lowest BCUT2D eigenvalue weighted by Gasteiger charge is -2.30. The molecule has 3 atom stereocenters. The second-order valence-corrected chi connectivity index (χ2v) is 9.16. The van der Waals surface area contributed by atoms with E-state index in [4.69, 9.17) is 4.74 Å². The third-order valence-electron chi connectivity index (χ3n) is 6.29. The first kappa shape index (κ1) is 22.5. The Bertz CT molecular complexity index is 740. The number of ether oxygens (including phenoxy) is 1. The lowest BCUT2D eigenvalue weighted by molar-refractivity contribution is -0.128. The quantitative estimate of drug-likeness (QED) is 0.564. The minimum Gasteiger partial charge on any atom is -0.367 e. The van der Waals surface area contributed by atoms with Gasteiger partial charge in [0.1, 0.15) is 18.7 Å². The lowest BCUT2D eigenvalue weighted by Crippen LogP contribution is -2.55. The molecule has 0 spiro atoms. The van der Waals surface area contributed by atoms with Crippen molar-refractivity contribution in [2.24, 2.45) is 5.41 Å². The molecule has 2 aliphatic heterocycles. The maximum Gasteiger partial charge on any atom is 0.253 e. The van der Waals surface area contributed by atoms with E-state index in [1.807, 2.05) is 0 Å². The number of likely N-dealkylation sites (tertiary alicyclic amines) is 1. The van der Waals surface area contributed by atoms with Crippen LogP contribution in [-0.2, 0) is 14.3 Å². The number of nitrogens with one attached hydrogen (secondary N) is 3. The molecule has 0 radical (unpaired) electrons. The summed E-state index contributed by atoms with van der Waals surface area (Å²) in [6.07, 6.45) is 6.55. The van der Waals surface area contributed by atoms with Gasteiger partial charge >= 0.3 is 0 Å². The van der Waals surface area contributed by atoms with E-state index in [1.54, 1.807) is 18.5 Å². The smallest absolute Gasteiger partial charge is 0.253 e. The summed E-state index contributed by atoms with van der Waals surface area (Å²) < 4.78 is 5.69. The third-order valence-corrected chi connectivity index (χ3v) is 6.29. The fourth-order valence-corrected chi connectivity index (χ4v) is 4.00. The van der Waals surface area contributed by atoms with E-state index in [2.05, 4.69) is 41.3 Å². The van der Waals surface area contributed by atoms with Crippen LogP contribution in [0, 0.1) is 5.41 Å². The molecule has 2 unspecified atom stereocenters. The number of ketones is 1. The number of aromatic amines is 1. The highest BCUT2D eigenvalue weighted by molar-refractivity contribution is 5.98. The van der Waals surface area contributed by atoms with Crippen molar-refractivity contribution < 1.29 is 19.1 Å². The predicted octanol–water partition coefficient (Wildman–Crippen LogP) is 1.49. The number of hydrogen-bond donors (Lipinski definition) is 3. The molecular formula is C22H34N4O4. The van der Waals surface area contributed by atoms with Crippen LogP contribution in [0.5, 0.6) is 0 Å². The van der Waals surface area contributed by atoms with Crippen molar-refractivity contribution >= 4 is 17.6 Å². The molecule has 0 bridgehead atoms. The van der Waals surface area contributed by atoms with Crippen LogP contribution in [0.15, 0.2) is 18.5 Å². The topological polar surface area (TPSA) is 104 Å². The van der Waals surface area contributed by atoms with Gasteiger partial charge in [-0.1, -0.05) is 27.2 Å². The minimum atomic E-state index is -0.733. The van der Waals surface area contributed by atoms with E-state index in [-0.39, 0.29) is 35.7 Å². The highest BCUT2D eigenvalue weighted by Gasteiger charge is 2.40. The van der Waals surface area contributed by atoms with Crippen molar-refractivity contribution in [3.63, 3.8) is 0 Å². The van der Waals surface area contributed by atoms with Crippen LogP contribution in [0.2, 0.25) is 0 Å². The van der Waals surface area contributed by atoms with Crippen LogP contribution in [-0.4, -0.2) is 71.9 Å². The first-order chi connectivity index (χ1) is 14.3. The van der Waals surface area contributed by atoms with Crippen molar-refractivity contribution in [2.45, 2.75) is 64.6 Å². The van der Waals surface area contributed by atoms with Crippen LogP contribution < -0.4 is 10.6 Å². The van der Waals surface area contributed by atoms with Gasteiger partial charge in [0.05, 0.1) is 11.7 Å². The standard InChI is InChI=1S/C22H34N4O4/c1-4-22(2,3)11-16(24-20(28)15-7-8-23-12-15)21(29)25-19-17(27)14-30-18(19)13-26-9-5-6-10-26/h7-8,12,16,18-19,23H,4-6,9-11,13-14H2,1-3H3,(H,24,28)(H,25,29)/t16-,18?,19?/m0/s1. The van der Waals surface area contributed by atoms with Crippen LogP contribution in [0.4, 0.5) is 0 Å². The maximum atomic E-state index is 13.2. The summed E-state index contributed by atoms with van der Waals surface area (Å²) in [5.74, 6) is -0.764. The molecule has 2 saturated heterocycles. The van der Waals surface area contributed by atoms with Crippen molar-refractivity contribution in [3.05, 3.63) is 24.0 Å². The van der Waals surface area contributed by atoms with Crippen molar-refractivity contribution in [3.8, 4) is 0 Å². The summed E-state index contributed by atoms with van der Waals surface area (Å²) in [6, 6.07) is 0.257. The number of carbonyl (C=O) groups excluding carboxylic acids is 3. The van der Waals surface area contributed by atoms with Crippen LogP contribution in [0.25, 0.3) is 0 Å². The highest BCUT2D eigenvalue weighted by Crippen LogP contribution is 2.27. The number of aromatic nitrogens is 1. The minimum absolute atomic E-state index is 0.0181. The van der Waals surface area contributed by atoms with Gasteiger partial charge in [-0.25, -0.2) is 0 Å². The Balaban J connectivity index is 1.68. The van der Waals surface area contributed by atoms with Gasteiger partial charge < -0.3 is 25.3 Å². The van der Waals surface area contributed by atoms with Crippen LogP contribution >= 0.6 is 0 Å². The molecule has 166 valence electrons. The van der Waals surface area contributed by atoms with Gasteiger partial charge in [0.2, 0.25) is 5.91 Å². The Morgan fingerprint density at radius 2 is 2.07 bits per heavy atom. The summed E-state index contributed by atoms with van der Waals surface area (Å²) in [6.45, 7) is 8.83. The van der Waals surface area contributed by atoms with E-state index in [0.29, 0.717) is 18.5 Å². The fourth-order valence-electron chi connectivity index (χ4n) is 4.00. The van der Waals surface area contributed by atoms with Crippen molar-refractivity contribution in [2.75, 3.05) is 26.2 Å². The molecule has 2 aliphatic rings. The Morgan fingerprint density at radius 1 is 1.33 bits per heavy atom. The van der Waals surface area contributed by atoms with Crippen LogP contribution in [0.3, 0.4) is 0 Å². The van der Waals surface area contributed by atoms with Gasteiger partial charge in [0.25, 0.3) is 5.91 Å². The van der Waals surface area contributed by atoms with Gasteiger partial charge in [-0.05, 0) is 43.8 Å². The molecule has 2 fully saturated rings. The number of nitrogens with zero attached hydrogens (tertiary/aromatic N) is 1. The normalized spacial score (nSPS) is 23.5. The summed E-state index contributed by atoms with van der Waals surface area (Å²) in [5, 5.41) is 5.74. The first-order valence-corrected chi connectivity index (χ1v) is 10.9. The van der Waals surface area contributed by atoms with Crippen molar-refractivity contribution in [1.82, 2.24) is 20.5 Å². The first-order valence-electron chi connectivity index (χ1n) is 10.9. The SMILES string of the molecule is CCC(C)(C)C[C@H](NC(=O)c1cc[nH]c1)C(=O)NC1C(=O)COC1CN1CCCC1. The molecule has 0 aliphatic carbocycles. The van der Waals surface area contributed by atoms with Gasteiger partial charge in [-0.15, -0.1) is 0 Å². The molecular weight excluding hydrogens is 384 g/mol. The number of carbonyl (C=O) groups is 3. The average molecular weight is 419 g/mol. The van der Waals surface area contributed by atoms with E-state index in [1.165, 1.54) is 0 Å². The van der Waals surface area contributed by atoms with Gasteiger partial charge in [0, 0.05) is 18.9 Å². The number of Topliss-reactive ketones (excluding diaryl/α,β-unsaturated/α-hetero) is 1.